The summed E-state index contributed by atoms with van der Waals surface area (Å²) in [6, 6.07) is 3.08. The molecule has 19 heavy (non-hydrogen) atoms. The second kappa shape index (κ2) is 5.63. The monoisotopic (exact) mass is 282 g/mol. The lowest BCUT2D eigenvalue weighted by Gasteiger charge is -2.06. The summed E-state index contributed by atoms with van der Waals surface area (Å²) in [5.74, 6) is 5.90. The van der Waals surface area contributed by atoms with Crippen molar-refractivity contribution >= 4 is 23.3 Å². The summed E-state index contributed by atoms with van der Waals surface area (Å²) in [6.45, 7) is 1.78. The molecule has 8 nitrogen and oxygen atoms in total. The Hall–Kier alpha value is -2.19. The van der Waals surface area contributed by atoms with E-state index in [-0.39, 0.29) is 17.3 Å². The highest BCUT2D eigenvalue weighted by Crippen LogP contribution is 2.16. The minimum atomic E-state index is -0.454. The molecule has 2 aromatic heterocycles. The van der Waals surface area contributed by atoms with Gasteiger partial charge >= 0.3 is 0 Å². The number of nitrogen functional groups attached to an aromatic ring is 1. The van der Waals surface area contributed by atoms with Crippen LogP contribution in [0.4, 0.5) is 5.82 Å². The number of amides is 1. The molecular formula is C10H11ClN6O2. The Morgan fingerprint density at radius 3 is 2.89 bits per heavy atom. The average molecular weight is 283 g/mol. The minimum Gasteiger partial charge on any atom is -0.343 e. The van der Waals surface area contributed by atoms with E-state index in [2.05, 4.69) is 25.9 Å². The van der Waals surface area contributed by atoms with Gasteiger partial charge in [0.15, 0.2) is 5.82 Å². The van der Waals surface area contributed by atoms with E-state index in [1.54, 1.807) is 13.0 Å². The van der Waals surface area contributed by atoms with Gasteiger partial charge in [-0.25, -0.2) is 10.8 Å². The first kappa shape index (κ1) is 13.2. The molecule has 0 saturated heterocycles. The number of carbonyl (C=O) groups is 1. The summed E-state index contributed by atoms with van der Waals surface area (Å²) < 4.78 is 4.78. The molecule has 0 radical (unpaired) electrons. The summed E-state index contributed by atoms with van der Waals surface area (Å²) in [6.07, 6.45) is 0. The van der Waals surface area contributed by atoms with Gasteiger partial charge in [0, 0.05) is 6.92 Å². The maximum Gasteiger partial charge on any atom is 0.271 e. The summed E-state index contributed by atoms with van der Waals surface area (Å²) in [5.41, 5.74) is 2.40. The quantitative estimate of drug-likeness (QED) is 0.556. The molecule has 0 atom stereocenters. The van der Waals surface area contributed by atoms with E-state index in [1.165, 1.54) is 6.07 Å². The van der Waals surface area contributed by atoms with Crippen LogP contribution in [-0.2, 0) is 6.54 Å². The molecule has 0 bridgehead atoms. The zero-order valence-electron chi connectivity index (χ0n) is 9.98. The first-order chi connectivity index (χ1) is 9.10. The van der Waals surface area contributed by atoms with Crippen molar-refractivity contribution in [2.45, 2.75) is 13.5 Å². The lowest BCUT2D eigenvalue weighted by molar-refractivity contribution is 0.0945. The van der Waals surface area contributed by atoms with Crippen molar-refractivity contribution in [3.63, 3.8) is 0 Å². The number of aromatic nitrogens is 3. The molecule has 0 saturated carbocycles. The Bertz CT molecular complexity index is 599. The Labute approximate surface area is 113 Å². The van der Waals surface area contributed by atoms with Gasteiger partial charge in [0.2, 0.25) is 5.89 Å². The van der Waals surface area contributed by atoms with Crippen LogP contribution in [0, 0.1) is 6.92 Å². The molecule has 2 aromatic rings. The van der Waals surface area contributed by atoms with E-state index in [9.17, 15) is 4.79 Å². The van der Waals surface area contributed by atoms with Crippen molar-refractivity contribution in [3.8, 4) is 0 Å². The second-order valence-corrected chi connectivity index (χ2v) is 3.99. The molecule has 0 aliphatic rings. The van der Waals surface area contributed by atoms with Gasteiger partial charge in [0.1, 0.15) is 11.5 Å². The van der Waals surface area contributed by atoms with E-state index >= 15 is 0 Å². The van der Waals surface area contributed by atoms with Crippen LogP contribution in [0.15, 0.2) is 16.7 Å². The highest BCUT2D eigenvalue weighted by atomic mass is 35.5. The van der Waals surface area contributed by atoms with Crippen LogP contribution in [-0.4, -0.2) is 21.0 Å². The molecule has 4 N–H and O–H groups in total. The number of nitrogens with zero attached hydrogens (tertiary/aromatic N) is 3. The molecule has 100 valence electrons. The Morgan fingerprint density at radius 1 is 1.47 bits per heavy atom. The van der Waals surface area contributed by atoms with Crippen molar-refractivity contribution in [1.29, 1.82) is 0 Å². The van der Waals surface area contributed by atoms with Gasteiger partial charge in [-0.3, -0.25) is 4.79 Å². The van der Waals surface area contributed by atoms with Crippen LogP contribution in [0.2, 0.25) is 5.02 Å². The number of hydrogen-bond donors (Lipinski definition) is 3. The second-order valence-electron chi connectivity index (χ2n) is 3.58. The summed E-state index contributed by atoms with van der Waals surface area (Å²) in [7, 11) is 0. The maximum absolute atomic E-state index is 11.9. The van der Waals surface area contributed by atoms with E-state index in [4.69, 9.17) is 22.0 Å². The third-order valence-corrected chi connectivity index (χ3v) is 2.49. The van der Waals surface area contributed by atoms with Crippen LogP contribution in [0.1, 0.15) is 22.2 Å². The van der Waals surface area contributed by atoms with Gasteiger partial charge in [0.25, 0.3) is 5.91 Å². The molecule has 0 spiro atoms. The summed E-state index contributed by atoms with van der Waals surface area (Å²) in [4.78, 5) is 19.8. The van der Waals surface area contributed by atoms with Crippen LogP contribution < -0.4 is 16.6 Å². The number of carbonyl (C=O) groups excluding carboxylic acids is 1. The topological polar surface area (TPSA) is 119 Å². The number of pyridine rings is 1. The molecule has 0 fully saturated rings. The Kier molecular flexibility index (Phi) is 3.93. The van der Waals surface area contributed by atoms with Crippen molar-refractivity contribution in [1.82, 2.24) is 20.4 Å². The predicted molar refractivity (Wildman–Crippen MR) is 67.3 cm³/mol. The van der Waals surface area contributed by atoms with Gasteiger partial charge in [-0.2, -0.15) is 4.98 Å². The fourth-order valence-corrected chi connectivity index (χ4v) is 1.53. The van der Waals surface area contributed by atoms with Crippen LogP contribution in [0.25, 0.3) is 0 Å². The third-order valence-electron chi connectivity index (χ3n) is 2.19. The molecule has 9 heteroatoms. The lowest BCUT2D eigenvalue weighted by Crippen LogP contribution is -2.25. The summed E-state index contributed by atoms with van der Waals surface area (Å²) >= 11 is 5.89. The Morgan fingerprint density at radius 2 is 2.26 bits per heavy atom. The lowest BCUT2D eigenvalue weighted by atomic mass is 10.3. The number of nitrogens with one attached hydrogen (secondary N) is 2. The average Bonchev–Trinajstić information content (AvgIpc) is 2.82. The van der Waals surface area contributed by atoms with Gasteiger partial charge in [-0.1, -0.05) is 16.8 Å². The van der Waals surface area contributed by atoms with Gasteiger partial charge in [0.05, 0.1) is 11.6 Å². The zero-order chi connectivity index (χ0) is 13.8. The molecule has 0 aliphatic heterocycles. The Balaban J connectivity index is 2.07. The number of anilines is 1. The van der Waals surface area contributed by atoms with Gasteiger partial charge in [-0.15, -0.1) is 0 Å². The van der Waals surface area contributed by atoms with Gasteiger partial charge in [-0.05, 0) is 12.1 Å². The normalized spacial score (nSPS) is 10.3. The van der Waals surface area contributed by atoms with Gasteiger partial charge < -0.3 is 15.3 Å². The number of nitrogens with two attached hydrogens (primary N) is 1. The molecule has 2 rings (SSSR count). The molecule has 0 unspecified atom stereocenters. The minimum absolute atomic E-state index is 0.0670. The standard InChI is InChI=1S/C10H11ClN6O2/c1-5-14-8(17-19-5)4-13-10(18)9-6(11)2-3-7(15-9)16-12/h2-3H,4,12H2,1H3,(H,13,18)(H,15,16). The fourth-order valence-electron chi connectivity index (χ4n) is 1.34. The molecule has 1 amide bonds. The van der Waals surface area contributed by atoms with Crippen LogP contribution >= 0.6 is 11.6 Å². The first-order valence-electron chi connectivity index (χ1n) is 5.30. The van der Waals surface area contributed by atoms with Crippen LogP contribution in [0.5, 0.6) is 0 Å². The highest BCUT2D eigenvalue weighted by molar-refractivity contribution is 6.33. The van der Waals surface area contributed by atoms with Crippen molar-refractivity contribution < 1.29 is 9.32 Å². The predicted octanol–water partition coefficient (Wildman–Crippen LogP) is 0.642. The number of hydrazine groups is 1. The largest absolute Gasteiger partial charge is 0.343 e. The highest BCUT2D eigenvalue weighted by Gasteiger charge is 2.14. The van der Waals surface area contributed by atoms with Crippen molar-refractivity contribution in [2.75, 3.05) is 5.43 Å². The fraction of sp³-hybridized carbons (Fsp3) is 0.200. The number of rotatable bonds is 4. The van der Waals surface area contributed by atoms with E-state index < -0.39 is 5.91 Å². The smallest absolute Gasteiger partial charge is 0.271 e. The van der Waals surface area contributed by atoms with Crippen molar-refractivity contribution in [2.24, 2.45) is 5.84 Å². The summed E-state index contributed by atoms with van der Waals surface area (Å²) in [5, 5.41) is 6.46. The van der Waals surface area contributed by atoms with E-state index in [0.717, 1.165) is 0 Å². The number of halogens is 1. The van der Waals surface area contributed by atoms with E-state index in [0.29, 0.717) is 17.5 Å². The number of hydrogen-bond acceptors (Lipinski definition) is 7. The first-order valence-corrected chi connectivity index (χ1v) is 5.68. The zero-order valence-corrected chi connectivity index (χ0v) is 10.7. The van der Waals surface area contributed by atoms with E-state index in [1.807, 2.05) is 0 Å². The van der Waals surface area contributed by atoms with Crippen molar-refractivity contribution in [3.05, 3.63) is 34.6 Å². The molecular weight excluding hydrogens is 272 g/mol. The number of aryl methyl sites for hydroxylation is 1. The van der Waals surface area contributed by atoms with Crippen LogP contribution in [0.3, 0.4) is 0 Å². The molecule has 0 aliphatic carbocycles. The molecule has 2 heterocycles. The SMILES string of the molecule is Cc1nc(CNC(=O)c2nc(NN)ccc2Cl)no1. The molecule has 0 aromatic carbocycles. The maximum atomic E-state index is 11.9. The third kappa shape index (κ3) is 3.18.